The molecular formula is C25H36NOY+. The van der Waals surface area contributed by atoms with Crippen molar-refractivity contribution in [3.8, 4) is 5.75 Å². The van der Waals surface area contributed by atoms with E-state index in [0.717, 1.165) is 18.8 Å². The molecule has 1 saturated heterocycles. The summed E-state index contributed by atoms with van der Waals surface area (Å²) in [5.41, 5.74) is 3.98. The van der Waals surface area contributed by atoms with Gasteiger partial charge in [0, 0.05) is 38.3 Å². The molecule has 149 valence electrons. The largest absolute Gasteiger partial charge is 0.493 e. The fraction of sp³-hybridized carbons (Fsp3) is 0.520. The van der Waals surface area contributed by atoms with Crippen molar-refractivity contribution in [1.29, 1.82) is 0 Å². The second-order valence-electron chi connectivity index (χ2n) is 8.35. The van der Waals surface area contributed by atoms with Crippen molar-refractivity contribution in [2.24, 2.45) is 0 Å². The predicted molar refractivity (Wildman–Crippen MR) is 114 cm³/mol. The summed E-state index contributed by atoms with van der Waals surface area (Å²) in [6.45, 7) is 10.3. The third-order valence-electron chi connectivity index (χ3n) is 6.06. The van der Waals surface area contributed by atoms with Crippen molar-refractivity contribution >= 4 is 0 Å². The number of hydrogen-bond donors (Lipinski definition) is 0. The average Bonchev–Trinajstić information content (AvgIpc) is 2.90. The molecule has 3 rings (SSSR count). The van der Waals surface area contributed by atoms with E-state index >= 15 is 0 Å². The summed E-state index contributed by atoms with van der Waals surface area (Å²) >= 11 is 0. The van der Waals surface area contributed by atoms with Crippen LogP contribution in [0.1, 0.15) is 55.2 Å². The molecule has 1 aliphatic rings. The van der Waals surface area contributed by atoms with Crippen LogP contribution in [0.2, 0.25) is 0 Å². The normalized spacial score (nSPS) is 16.1. The maximum Gasteiger partial charge on any atom is 0.125 e. The summed E-state index contributed by atoms with van der Waals surface area (Å²) in [5.74, 6) is 1.08. The minimum atomic E-state index is 0. The Labute approximate surface area is 197 Å². The predicted octanol–water partition coefficient (Wildman–Crippen LogP) is 6.05. The Morgan fingerprint density at radius 3 is 2.07 bits per heavy atom. The minimum absolute atomic E-state index is 0. The molecule has 1 aliphatic heterocycles. The average molecular weight is 455 g/mol. The van der Waals surface area contributed by atoms with Crippen LogP contribution in [0.15, 0.2) is 48.5 Å². The van der Waals surface area contributed by atoms with Gasteiger partial charge in [0.15, 0.2) is 0 Å². The number of hydrogen-bond acceptors (Lipinski definition) is 1. The van der Waals surface area contributed by atoms with Gasteiger partial charge < -0.3 is 9.22 Å². The van der Waals surface area contributed by atoms with Gasteiger partial charge in [0.25, 0.3) is 0 Å². The van der Waals surface area contributed by atoms with Crippen LogP contribution < -0.4 is 4.74 Å². The molecule has 3 heteroatoms. The number of aryl methyl sites for hydroxylation is 2. The Morgan fingerprint density at radius 2 is 1.43 bits per heavy atom. The fourth-order valence-electron chi connectivity index (χ4n) is 4.54. The molecule has 1 fully saturated rings. The maximum atomic E-state index is 6.13. The van der Waals surface area contributed by atoms with Crippen LogP contribution in [0.4, 0.5) is 0 Å². The molecule has 0 spiro atoms. The van der Waals surface area contributed by atoms with E-state index in [-0.39, 0.29) is 32.7 Å². The molecule has 0 aromatic heterocycles. The number of ether oxygens (including phenoxy) is 1. The second kappa shape index (κ2) is 12.1. The Hall–Kier alpha value is -0.696. The number of unbranched alkanes of at least 4 members (excludes halogenated alkanes) is 1. The third-order valence-corrected chi connectivity index (χ3v) is 6.06. The molecule has 0 aliphatic carbocycles. The standard InChI is InChI=1S/C25H36NO.Y/c1-22-13-12-14-23(2)25(22)27-20-11-10-19-26(17-8-3-4-9-18-26)21-24-15-6-5-7-16-24;/h5-7,12-16H,3-4,8-11,17-21H2,1-2H3;/q+1;. The first-order chi connectivity index (χ1) is 13.2. The Kier molecular flexibility index (Phi) is 10.2. The van der Waals surface area contributed by atoms with E-state index in [9.17, 15) is 0 Å². The van der Waals surface area contributed by atoms with Gasteiger partial charge in [0.1, 0.15) is 12.3 Å². The van der Waals surface area contributed by atoms with Gasteiger partial charge in [-0.2, -0.15) is 0 Å². The van der Waals surface area contributed by atoms with E-state index in [1.165, 1.54) is 79.5 Å². The van der Waals surface area contributed by atoms with Gasteiger partial charge in [0.2, 0.25) is 0 Å². The molecule has 0 amide bonds. The van der Waals surface area contributed by atoms with Gasteiger partial charge >= 0.3 is 0 Å². The Morgan fingerprint density at radius 1 is 0.786 bits per heavy atom. The van der Waals surface area contributed by atoms with E-state index in [4.69, 9.17) is 4.74 Å². The Bertz CT molecular complexity index is 673. The van der Waals surface area contributed by atoms with Crippen molar-refractivity contribution < 1.29 is 41.9 Å². The van der Waals surface area contributed by atoms with Crippen molar-refractivity contribution in [2.45, 2.75) is 58.9 Å². The van der Waals surface area contributed by atoms with E-state index in [1.54, 1.807) is 0 Å². The van der Waals surface area contributed by atoms with Crippen LogP contribution in [-0.4, -0.2) is 30.7 Å². The number of likely N-dealkylation sites (tertiary alicyclic amines) is 1. The van der Waals surface area contributed by atoms with Gasteiger partial charge in [-0.05, 0) is 63.5 Å². The topological polar surface area (TPSA) is 9.23 Å². The molecule has 0 saturated carbocycles. The summed E-state index contributed by atoms with van der Waals surface area (Å²) in [7, 11) is 0. The maximum absolute atomic E-state index is 6.13. The van der Waals surface area contributed by atoms with Crippen LogP contribution in [0.25, 0.3) is 0 Å². The summed E-state index contributed by atoms with van der Waals surface area (Å²) in [6.07, 6.45) is 7.97. The second-order valence-corrected chi connectivity index (χ2v) is 8.35. The van der Waals surface area contributed by atoms with Crippen LogP contribution >= 0.6 is 0 Å². The zero-order valence-corrected chi connectivity index (χ0v) is 20.7. The summed E-state index contributed by atoms with van der Waals surface area (Å²) < 4.78 is 7.40. The first kappa shape index (κ1) is 23.6. The molecule has 0 unspecified atom stereocenters. The quantitative estimate of drug-likeness (QED) is 0.348. The van der Waals surface area contributed by atoms with Gasteiger partial charge in [-0.3, -0.25) is 0 Å². The molecule has 28 heavy (non-hydrogen) atoms. The van der Waals surface area contributed by atoms with Crippen LogP contribution in [0.3, 0.4) is 0 Å². The SMILES string of the molecule is Cc1cccc(C)c1OCCCC[N+]1(Cc2ccccc2)CCCCCC1.[Y]. The molecular weight excluding hydrogens is 419 g/mol. The number of nitrogens with zero attached hydrogens (tertiary/aromatic N) is 1. The zero-order chi connectivity index (χ0) is 19.0. The molecule has 1 radical (unpaired) electrons. The molecule has 0 N–H and O–H groups in total. The van der Waals surface area contributed by atoms with Gasteiger partial charge in [-0.25, -0.2) is 0 Å². The number of rotatable bonds is 8. The van der Waals surface area contributed by atoms with Crippen LogP contribution in [-0.2, 0) is 39.3 Å². The fourth-order valence-corrected chi connectivity index (χ4v) is 4.54. The third kappa shape index (κ3) is 6.97. The van der Waals surface area contributed by atoms with E-state index in [2.05, 4.69) is 62.4 Å². The van der Waals surface area contributed by atoms with E-state index < -0.39 is 0 Å². The van der Waals surface area contributed by atoms with Crippen LogP contribution in [0, 0.1) is 13.8 Å². The van der Waals surface area contributed by atoms with E-state index in [0.29, 0.717) is 0 Å². The van der Waals surface area contributed by atoms with Crippen molar-refractivity contribution in [3.05, 3.63) is 65.2 Å². The molecule has 2 aromatic carbocycles. The number of quaternary nitrogens is 1. The van der Waals surface area contributed by atoms with Gasteiger partial charge in [-0.1, -0.05) is 48.5 Å². The van der Waals surface area contributed by atoms with Gasteiger partial charge in [0.05, 0.1) is 26.2 Å². The summed E-state index contributed by atoms with van der Waals surface area (Å²) in [5, 5.41) is 0. The summed E-state index contributed by atoms with van der Waals surface area (Å²) in [4.78, 5) is 0. The first-order valence-corrected chi connectivity index (χ1v) is 10.8. The molecule has 2 aromatic rings. The Balaban J connectivity index is 0.00000280. The molecule has 1 heterocycles. The van der Waals surface area contributed by atoms with Crippen LogP contribution in [0.5, 0.6) is 5.75 Å². The monoisotopic (exact) mass is 455 g/mol. The van der Waals surface area contributed by atoms with Crippen molar-refractivity contribution in [1.82, 2.24) is 0 Å². The minimum Gasteiger partial charge on any atom is -0.493 e. The number of benzene rings is 2. The summed E-state index contributed by atoms with van der Waals surface area (Å²) in [6, 6.07) is 17.5. The first-order valence-electron chi connectivity index (χ1n) is 10.8. The zero-order valence-electron chi connectivity index (χ0n) is 17.8. The number of para-hydroxylation sites is 1. The van der Waals surface area contributed by atoms with Crippen molar-refractivity contribution in [3.63, 3.8) is 0 Å². The molecule has 0 atom stereocenters. The van der Waals surface area contributed by atoms with Gasteiger partial charge in [-0.15, -0.1) is 0 Å². The van der Waals surface area contributed by atoms with Crippen molar-refractivity contribution in [2.75, 3.05) is 26.2 Å². The smallest absolute Gasteiger partial charge is 0.125 e. The van der Waals surface area contributed by atoms with E-state index in [1.807, 2.05) is 0 Å². The molecule has 0 bridgehead atoms. The molecule has 2 nitrogen and oxygen atoms in total.